The minimum atomic E-state index is -3.85. The molecule has 0 aliphatic heterocycles. The Balaban J connectivity index is 1.77. The molecule has 3 rings (SSSR count). The average Bonchev–Trinajstić information content (AvgIpc) is 3.09. The molecule has 1 heterocycles. The molecule has 1 N–H and O–H groups in total. The van der Waals surface area contributed by atoms with Gasteiger partial charge < -0.3 is 5.32 Å². The highest BCUT2D eigenvalue weighted by Crippen LogP contribution is 2.21. The van der Waals surface area contributed by atoms with E-state index in [1.807, 2.05) is 13.8 Å². The Bertz CT molecular complexity index is 1280. The van der Waals surface area contributed by atoms with E-state index in [0.29, 0.717) is 17.2 Å². The molecule has 0 radical (unpaired) electrons. The van der Waals surface area contributed by atoms with E-state index in [-0.39, 0.29) is 10.6 Å². The monoisotopic (exact) mass is 457 g/mol. The van der Waals surface area contributed by atoms with E-state index < -0.39 is 27.4 Å². The van der Waals surface area contributed by atoms with Crippen LogP contribution in [0.2, 0.25) is 0 Å². The molecule has 0 saturated carbocycles. The van der Waals surface area contributed by atoms with Crippen molar-refractivity contribution < 1.29 is 18.1 Å². The van der Waals surface area contributed by atoms with Crippen molar-refractivity contribution in [3.05, 3.63) is 75.5 Å². The molecular weight excluding hydrogens is 434 g/mol. The molecule has 0 fully saturated rings. The number of amides is 1. The van der Waals surface area contributed by atoms with Crippen molar-refractivity contribution in [2.45, 2.75) is 25.7 Å². The van der Waals surface area contributed by atoms with Gasteiger partial charge >= 0.3 is 0 Å². The summed E-state index contributed by atoms with van der Waals surface area (Å²) in [7, 11) is -2.51. The molecule has 3 aromatic rings. The zero-order valence-electron chi connectivity index (χ0n) is 18.1. The second-order valence-electron chi connectivity index (χ2n) is 7.41. The second kappa shape index (κ2) is 8.89. The van der Waals surface area contributed by atoms with E-state index in [1.54, 1.807) is 25.1 Å². The molecule has 0 bridgehead atoms. The Labute approximate surface area is 185 Å². The van der Waals surface area contributed by atoms with Crippen LogP contribution in [-0.4, -0.2) is 46.9 Å². The molecule has 11 heteroatoms. The van der Waals surface area contributed by atoms with Crippen molar-refractivity contribution in [1.82, 2.24) is 14.1 Å². The van der Waals surface area contributed by atoms with Crippen molar-refractivity contribution in [2.24, 2.45) is 0 Å². The highest BCUT2D eigenvalue weighted by molar-refractivity contribution is 7.89. The largest absolute Gasteiger partial charge is 0.309 e. The van der Waals surface area contributed by atoms with Crippen molar-refractivity contribution in [3.63, 3.8) is 0 Å². The molecule has 0 aliphatic carbocycles. The first-order valence-electron chi connectivity index (χ1n) is 9.64. The summed E-state index contributed by atoms with van der Waals surface area (Å²) in [4.78, 5) is 23.1. The van der Waals surface area contributed by atoms with E-state index in [9.17, 15) is 23.3 Å². The van der Waals surface area contributed by atoms with Gasteiger partial charge in [-0.05, 0) is 56.2 Å². The molecule has 0 saturated heterocycles. The molecule has 1 aromatic heterocycles. The number of non-ortho nitro benzene ring substituents is 1. The Morgan fingerprint density at radius 1 is 1.09 bits per heavy atom. The lowest BCUT2D eigenvalue weighted by Gasteiger charge is -2.18. The number of nitro benzene ring substituents is 1. The van der Waals surface area contributed by atoms with Crippen LogP contribution in [-0.2, 0) is 14.8 Å². The van der Waals surface area contributed by atoms with Crippen LogP contribution >= 0.6 is 0 Å². The highest BCUT2D eigenvalue weighted by atomic mass is 32.2. The number of anilines is 1. The quantitative estimate of drug-likeness (QED) is 0.429. The maximum atomic E-state index is 12.8. The van der Waals surface area contributed by atoms with Gasteiger partial charge in [0.2, 0.25) is 15.9 Å². The Hall–Kier alpha value is -3.57. The van der Waals surface area contributed by atoms with E-state index in [2.05, 4.69) is 10.4 Å². The number of hydrogen-bond donors (Lipinski definition) is 1. The van der Waals surface area contributed by atoms with E-state index >= 15 is 0 Å². The van der Waals surface area contributed by atoms with Crippen LogP contribution in [0.15, 0.2) is 53.4 Å². The van der Waals surface area contributed by atoms with E-state index in [1.165, 1.54) is 42.1 Å². The van der Waals surface area contributed by atoms with Crippen LogP contribution in [0, 0.1) is 30.9 Å². The van der Waals surface area contributed by atoms with Gasteiger partial charge in [-0.2, -0.15) is 9.40 Å². The van der Waals surface area contributed by atoms with Crippen molar-refractivity contribution >= 4 is 27.4 Å². The van der Waals surface area contributed by atoms with Crippen LogP contribution in [0.25, 0.3) is 5.69 Å². The fourth-order valence-electron chi connectivity index (χ4n) is 3.02. The normalized spacial score (nSPS) is 11.5. The van der Waals surface area contributed by atoms with Gasteiger partial charge in [0.1, 0.15) is 5.82 Å². The molecule has 1 amide bonds. The van der Waals surface area contributed by atoms with Gasteiger partial charge in [0, 0.05) is 25.2 Å². The first-order valence-corrected chi connectivity index (χ1v) is 11.1. The van der Waals surface area contributed by atoms with Crippen molar-refractivity contribution in [3.8, 4) is 5.69 Å². The van der Waals surface area contributed by atoms with Crippen molar-refractivity contribution in [2.75, 3.05) is 18.9 Å². The summed E-state index contributed by atoms with van der Waals surface area (Å²) in [5, 5.41) is 17.8. The number of benzene rings is 2. The number of aryl methyl sites for hydroxylation is 3. The third-order valence-corrected chi connectivity index (χ3v) is 6.76. The zero-order valence-corrected chi connectivity index (χ0v) is 18.9. The minimum Gasteiger partial charge on any atom is -0.309 e. The van der Waals surface area contributed by atoms with Crippen LogP contribution in [0.3, 0.4) is 0 Å². The SMILES string of the molecule is Cc1cc(NC(=O)CN(C)S(=O)(=O)c2ccc(C)c(C)c2)n(-c2ccc([N+](=O)[O-])cc2)n1. The smallest absolute Gasteiger partial charge is 0.269 e. The lowest BCUT2D eigenvalue weighted by Crippen LogP contribution is -2.35. The zero-order chi connectivity index (χ0) is 23.6. The highest BCUT2D eigenvalue weighted by Gasteiger charge is 2.24. The van der Waals surface area contributed by atoms with Crippen LogP contribution < -0.4 is 5.32 Å². The maximum Gasteiger partial charge on any atom is 0.269 e. The number of nitro groups is 1. The maximum absolute atomic E-state index is 12.8. The topological polar surface area (TPSA) is 127 Å². The molecule has 0 atom stereocenters. The number of likely N-dealkylation sites (N-methyl/N-ethyl adjacent to an activating group) is 1. The Morgan fingerprint density at radius 2 is 1.75 bits per heavy atom. The lowest BCUT2D eigenvalue weighted by atomic mass is 10.1. The van der Waals surface area contributed by atoms with Gasteiger partial charge in [-0.25, -0.2) is 13.1 Å². The van der Waals surface area contributed by atoms with Gasteiger partial charge in [0.05, 0.1) is 27.7 Å². The molecule has 0 spiro atoms. The second-order valence-corrected chi connectivity index (χ2v) is 9.46. The number of aromatic nitrogens is 2. The molecule has 0 unspecified atom stereocenters. The van der Waals surface area contributed by atoms with Crippen LogP contribution in [0.5, 0.6) is 0 Å². The standard InChI is InChI=1S/C21H23N5O5S/c1-14-5-10-19(11-15(14)2)32(30,31)24(4)13-21(27)22-20-12-16(3)23-25(20)17-6-8-18(9-7-17)26(28)29/h5-12H,13H2,1-4H3,(H,22,27). The van der Waals surface area contributed by atoms with Crippen LogP contribution in [0.1, 0.15) is 16.8 Å². The predicted octanol–water partition coefficient (Wildman–Crippen LogP) is 2.96. The molecule has 10 nitrogen and oxygen atoms in total. The fraction of sp³-hybridized carbons (Fsp3) is 0.238. The van der Waals surface area contributed by atoms with Gasteiger partial charge in [-0.3, -0.25) is 14.9 Å². The Kier molecular flexibility index (Phi) is 6.42. The summed E-state index contributed by atoms with van der Waals surface area (Å²) < 4.78 is 28.1. The van der Waals surface area contributed by atoms with E-state index in [4.69, 9.17) is 0 Å². The number of nitrogens with one attached hydrogen (secondary N) is 1. The number of nitrogens with zero attached hydrogens (tertiary/aromatic N) is 4. The summed E-state index contributed by atoms with van der Waals surface area (Å²) in [6.45, 7) is 5.04. The average molecular weight is 458 g/mol. The van der Waals surface area contributed by atoms with E-state index in [0.717, 1.165) is 15.4 Å². The molecule has 168 valence electrons. The number of sulfonamides is 1. The molecule has 32 heavy (non-hydrogen) atoms. The predicted molar refractivity (Wildman–Crippen MR) is 119 cm³/mol. The summed E-state index contributed by atoms with van der Waals surface area (Å²) in [5.74, 6) is -0.235. The number of carbonyl (C=O) groups is 1. The number of carbonyl (C=O) groups excluding carboxylic acids is 1. The van der Waals surface area contributed by atoms with Crippen LogP contribution in [0.4, 0.5) is 11.5 Å². The van der Waals surface area contributed by atoms with Crippen molar-refractivity contribution in [1.29, 1.82) is 0 Å². The summed E-state index contributed by atoms with van der Waals surface area (Å²) in [5.41, 5.74) is 2.86. The fourth-order valence-corrected chi connectivity index (χ4v) is 4.24. The molecule has 2 aromatic carbocycles. The number of hydrogen-bond acceptors (Lipinski definition) is 6. The lowest BCUT2D eigenvalue weighted by molar-refractivity contribution is -0.384. The van der Waals surface area contributed by atoms with Gasteiger partial charge in [-0.1, -0.05) is 6.07 Å². The molecule has 0 aliphatic rings. The number of rotatable bonds is 7. The summed E-state index contributed by atoms with van der Waals surface area (Å²) >= 11 is 0. The van der Waals surface area contributed by atoms with Gasteiger partial charge in [0.15, 0.2) is 0 Å². The van der Waals surface area contributed by atoms with Gasteiger partial charge in [0.25, 0.3) is 5.69 Å². The third-order valence-electron chi connectivity index (χ3n) is 4.96. The summed E-state index contributed by atoms with van der Waals surface area (Å²) in [6, 6.07) is 12.1. The summed E-state index contributed by atoms with van der Waals surface area (Å²) in [6.07, 6.45) is 0. The molecular formula is C21H23N5O5S. The first kappa shape index (κ1) is 23.1. The Morgan fingerprint density at radius 3 is 2.34 bits per heavy atom. The third kappa shape index (κ3) is 4.84. The first-order chi connectivity index (χ1) is 15.0. The van der Waals surface area contributed by atoms with Gasteiger partial charge in [-0.15, -0.1) is 0 Å². The minimum absolute atomic E-state index is 0.0682.